The summed E-state index contributed by atoms with van der Waals surface area (Å²) < 4.78 is 5.67. The summed E-state index contributed by atoms with van der Waals surface area (Å²) in [5.74, 6) is 0. The molecule has 17 heavy (non-hydrogen) atoms. The van der Waals surface area contributed by atoms with Crippen LogP contribution in [0.5, 0.6) is 0 Å². The van der Waals surface area contributed by atoms with Crippen molar-refractivity contribution in [1.82, 2.24) is 15.3 Å². The van der Waals surface area contributed by atoms with E-state index in [9.17, 15) is 0 Å². The largest absolute Gasteiger partial charge is 0.369 e. The van der Waals surface area contributed by atoms with Gasteiger partial charge in [-0.05, 0) is 18.2 Å². The second-order valence-corrected chi connectivity index (χ2v) is 3.73. The molecular formula is C11H15Cl2N3O. The van der Waals surface area contributed by atoms with Crippen molar-refractivity contribution in [3.05, 3.63) is 30.1 Å². The molecule has 0 aliphatic carbocycles. The molecule has 1 saturated heterocycles. The summed E-state index contributed by atoms with van der Waals surface area (Å²) in [6.45, 7) is 2.58. The summed E-state index contributed by atoms with van der Waals surface area (Å²) in [6.07, 6.45) is 1.93. The molecule has 1 unspecified atom stereocenters. The van der Waals surface area contributed by atoms with E-state index >= 15 is 0 Å². The van der Waals surface area contributed by atoms with Gasteiger partial charge in [-0.25, -0.2) is 4.98 Å². The minimum Gasteiger partial charge on any atom is -0.369 e. The van der Waals surface area contributed by atoms with Crippen LogP contribution in [0.25, 0.3) is 11.0 Å². The number of fused-ring (bicyclic) bond motifs is 1. The van der Waals surface area contributed by atoms with Gasteiger partial charge in [-0.2, -0.15) is 0 Å². The monoisotopic (exact) mass is 275 g/mol. The third-order valence-electron chi connectivity index (χ3n) is 2.69. The van der Waals surface area contributed by atoms with E-state index in [0.717, 1.165) is 36.4 Å². The number of nitrogens with zero attached hydrogens (tertiary/aromatic N) is 1. The van der Waals surface area contributed by atoms with Gasteiger partial charge in [-0.3, -0.25) is 0 Å². The first-order valence-electron chi connectivity index (χ1n) is 5.19. The van der Waals surface area contributed by atoms with Crippen LogP contribution in [0.2, 0.25) is 0 Å². The Morgan fingerprint density at radius 2 is 2.24 bits per heavy atom. The Hall–Kier alpha value is -0.810. The molecule has 3 heterocycles. The van der Waals surface area contributed by atoms with E-state index in [1.807, 2.05) is 6.07 Å². The fourth-order valence-electron chi connectivity index (χ4n) is 1.92. The Morgan fingerprint density at radius 3 is 2.94 bits per heavy atom. The number of nitrogens with one attached hydrogen (secondary N) is 2. The average molecular weight is 276 g/mol. The maximum Gasteiger partial charge on any atom is 0.137 e. The Morgan fingerprint density at radius 1 is 1.35 bits per heavy atom. The molecule has 2 aromatic rings. The van der Waals surface area contributed by atoms with Crippen molar-refractivity contribution in [1.29, 1.82) is 0 Å². The molecule has 1 fully saturated rings. The van der Waals surface area contributed by atoms with Gasteiger partial charge in [-0.15, -0.1) is 24.8 Å². The summed E-state index contributed by atoms with van der Waals surface area (Å²) >= 11 is 0. The fraction of sp³-hybridized carbons (Fsp3) is 0.364. The van der Waals surface area contributed by atoms with Crippen molar-refractivity contribution < 1.29 is 4.74 Å². The highest BCUT2D eigenvalue weighted by molar-refractivity contribution is 5.85. The summed E-state index contributed by atoms with van der Waals surface area (Å²) in [7, 11) is 0. The quantitative estimate of drug-likeness (QED) is 0.838. The van der Waals surface area contributed by atoms with Crippen LogP contribution in [-0.2, 0) is 4.74 Å². The van der Waals surface area contributed by atoms with Crippen LogP contribution in [0.1, 0.15) is 11.8 Å². The predicted molar refractivity (Wildman–Crippen MR) is 72.2 cm³/mol. The smallest absolute Gasteiger partial charge is 0.137 e. The van der Waals surface area contributed by atoms with Crippen molar-refractivity contribution in [2.45, 2.75) is 6.10 Å². The zero-order valence-electron chi connectivity index (χ0n) is 9.18. The number of morpholine rings is 1. The molecule has 0 saturated carbocycles. The lowest BCUT2D eigenvalue weighted by Gasteiger charge is -2.22. The lowest BCUT2D eigenvalue weighted by Crippen LogP contribution is -2.33. The SMILES string of the molecule is Cl.Cl.c1cnc2[nH]c(C3CNCCO3)cc2c1. The highest BCUT2D eigenvalue weighted by Crippen LogP contribution is 2.21. The zero-order chi connectivity index (χ0) is 10.1. The summed E-state index contributed by atoms with van der Waals surface area (Å²) in [5.41, 5.74) is 2.04. The van der Waals surface area contributed by atoms with Crippen LogP contribution in [0, 0.1) is 0 Å². The summed E-state index contributed by atoms with van der Waals surface area (Å²) in [5, 5.41) is 4.45. The van der Waals surface area contributed by atoms with Crippen molar-refractivity contribution >= 4 is 35.8 Å². The van der Waals surface area contributed by atoms with E-state index in [0.29, 0.717) is 0 Å². The first-order chi connectivity index (χ1) is 7.43. The van der Waals surface area contributed by atoms with Gasteiger partial charge >= 0.3 is 0 Å². The molecule has 0 bridgehead atoms. The molecule has 3 rings (SSSR count). The first-order valence-corrected chi connectivity index (χ1v) is 5.19. The topological polar surface area (TPSA) is 49.9 Å². The second-order valence-electron chi connectivity index (χ2n) is 3.73. The molecule has 94 valence electrons. The van der Waals surface area contributed by atoms with Crippen molar-refractivity contribution in [3.63, 3.8) is 0 Å². The standard InChI is InChI=1S/C11H13N3O.2ClH/c1-2-8-6-9(14-11(8)13-3-1)10-7-12-4-5-15-10;;/h1-3,6,10,12H,4-5,7H2,(H,13,14);2*1H. The van der Waals surface area contributed by atoms with E-state index in [1.54, 1.807) is 6.20 Å². The number of aromatic amines is 1. The lowest BCUT2D eigenvalue weighted by atomic mass is 10.2. The number of hydrogen-bond acceptors (Lipinski definition) is 3. The Bertz CT molecular complexity index is 435. The van der Waals surface area contributed by atoms with E-state index in [-0.39, 0.29) is 30.9 Å². The van der Waals surface area contributed by atoms with E-state index in [1.165, 1.54) is 0 Å². The maximum atomic E-state index is 5.67. The van der Waals surface area contributed by atoms with Crippen LogP contribution in [0.4, 0.5) is 0 Å². The molecule has 0 aromatic carbocycles. The second kappa shape index (κ2) is 6.21. The summed E-state index contributed by atoms with van der Waals surface area (Å²) in [6, 6.07) is 6.11. The van der Waals surface area contributed by atoms with Crippen LogP contribution < -0.4 is 5.32 Å². The van der Waals surface area contributed by atoms with Crippen molar-refractivity contribution in [2.24, 2.45) is 0 Å². The van der Waals surface area contributed by atoms with Gasteiger partial charge in [0.1, 0.15) is 11.8 Å². The van der Waals surface area contributed by atoms with Crippen LogP contribution >= 0.6 is 24.8 Å². The highest BCUT2D eigenvalue weighted by atomic mass is 35.5. The normalized spacial score (nSPS) is 19.4. The average Bonchev–Trinajstić information content (AvgIpc) is 2.74. The number of hydrogen-bond donors (Lipinski definition) is 2. The van der Waals surface area contributed by atoms with Gasteiger partial charge in [0.25, 0.3) is 0 Å². The summed E-state index contributed by atoms with van der Waals surface area (Å²) in [4.78, 5) is 7.55. The van der Waals surface area contributed by atoms with E-state index < -0.39 is 0 Å². The van der Waals surface area contributed by atoms with Gasteiger partial charge in [0.2, 0.25) is 0 Å². The molecule has 0 amide bonds. The fourth-order valence-corrected chi connectivity index (χ4v) is 1.92. The van der Waals surface area contributed by atoms with E-state index in [2.05, 4.69) is 27.4 Å². The van der Waals surface area contributed by atoms with Crippen molar-refractivity contribution in [3.8, 4) is 0 Å². The molecule has 1 atom stereocenters. The number of ether oxygens (including phenoxy) is 1. The number of H-pyrrole nitrogens is 1. The molecular weight excluding hydrogens is 261 g/mol. The Labute approximate surface area is 112 Å². The lowest BCUT2D eigenvalue weighted by molar-refractivity contribution is 0.0255. The number of halogens is 2. The zero-order valence-corrected chi connectivity index (χ0v) is 10.8. The number of aromatic nitrogens is 2. The van der Waals surface area contributed by atoms with Gasteiger partial charge in [0.05, 0.1) is 6.61 Å². The maximum absolute atomic E-state index is 5.67. The molecule has 0 spiro atoms. The minimum atomic E-state index is 0. The van der Waals surface area contributed by atoms with Gasteiger partial charge in [-0.1, -0.05) is 0 Å². The van der Waals surface area contributed by atoms with Gasteiger partial charge in [0.15, 0.2) is 0 Å². The minimum absolute atomic E-state index is 0. The molecule has 4 nitrogen and oxygen atoms in total. The van der Waals surface area contributed by atoms with Crippen molar-refractivity contribution in [2.75, 3.05) is 19.7 Å². The first kappa shape index (κ1) is 14.3. The number of pyridine rings is 1. The molecule has 2 N–H and O–H groups in total. The highest BCUT2D eigenvalue weighted by Gasteiger charge is 2.17. The third-order valence-corrected chi connectivity index (χ3v) is 2.69. The third kappa shape index (κ3) is 2.90. The Balaban J connectivity index is 0.000000722. The van der Waals surface area contributed by atoms with Gasteiger partial charge in [0, 0.05) is 30.4 Å². The van der Waals surface area contributed by atoms with Gasteiger partial charge < -0.3 is 15.0 Å². The predicted octanol–water partition coefficient (Wildman–Crippen LogP) is 2.07. The van der Waals surface area contributed by atoms with E-state index in [4.69, 9.17) is 4.74 Å². The molecule has 1 aliphatic heterocycles. The molecule has 6 heteroatoms. The molecule has 1 aliphatic rings. The Kier molecular flexibility index (Phi) is 5.21. The molecule has 0 radical (unpaired) electrons. The van der Waals surface area contributed by atoms with Crippen LogP contribution in [-0.4, -0.2) is 29.7 Å². The number of rotatable bonds is 1. The molecule has 2 aromatic heterocycles. The van der Waals surface area contributed by atoms with Crippen LogP contribution in [0.3, 0.4) is 0 Å². The van der Waals surface area contributed by atoms with Crippen LogP contribution in [0.15, 0.2) is 24.4 Å².